The lowest BCUT2D eigenvalue weighted by Crippen LogP contribution is -2.12. The van der Waals surface area contributed by atoms with Crippen molar-refractivity contribution in [2.24, 2.45) is 0 Å². The average molecular weight is 425 g/mol. The number of hydrogen-bond donors (Lipinski definition) is 0. The Morgan fingerprint density at radius 1 is 0.581 bits per heavy atom. The zero-order valence-corrected chi connectivity index (χ0v) is 20.6. The highest BCUT2D eigenvalue weighted by Gasteiger charge is 2.01. The summed E-state index contributed by atoms with van der Waals surface area (Å²) in [5.41, 5.74) is 2.60. The highest BCUT2D eigenvalue weighted by atomic mass is 15.0. The van der Waals surface area contributed by atoms with Crippen LogP contribution in [0.5, 0.6) is 0 Å². The number of unbranched alkanes of at least 4 members (excludes halogenated alkanes) is 15. The van der Waals surface area contributed by atoms with Crippen LogP contribution in [0, 0.1) is 0 Å². The van der Waals surface area contributed by atoms with Crippen LogP contribution in [-0.4, -0.2) is 30.5 Å². The second-order valence-electron chi connectivity index (χ2n) is 9.70. The van der Waals surface area contributed by atoms with E-state index in [1.54, 1.807) is 0 Å². The van der Waals surface area contributed by atoms with E-state index >= 15 is 0 Å². The van der Waals surface area contributed by atoms with Gasteiger partial charge in [0.1, 0.15) is 0 Å². The second kappa shape index (κ2) is 17.2. The zero-order valence-electron chi connectivity index (χ0n) is 20.6. The fourth-order valence-corrected chi connectivity index (χ4v) is 4.59. The van der Waals surface area contributed by atoms with Gasteiger partial charge in [-0.2, -0.15) is 0 Å². The highest BCUT2D eigenvalue weighted by Crippen LogP contribution is 2.19. The van der Waals surface area contributed by atoms with Gasteiger partial charge in [0, 0.05) is 11.6 Å². The molecule has 1 aromatic carbocycles. The van der Waals surface area contributed by atoms with Gasteiger partial charge in [0.15, 0.2) is 0 Å². The van der Waals surface area contributed by atoms with E-state index in [2.05, 4.69) is 54.3 Å². The van der Waals surface area contributed by atoms with Gasteiger partial charge in [-0.25, -0.2) is 0 Å². The first-order valence-electron chi connectivity index (χ1n) is 13.2. The molecule has 0 aliphatic carbocycles. The lowest BCUT2D eigenvalue weighted by atomic mass is 10.0. The van der Waals surface area contributed by atoms with Gasteiger partial charge < -0.3 is 4.90 Å². The summed E-state index contributed by atoms with van der Waals surface area (Å²) in [6.07, 6.45) is 25.9. The Hall–Kier alpha value is -1.41. The van der Waals surface area contributed by atoms with Crippen molar-refractivity contribution in [3.05, 3.63) is 42.1 Å². The molecule has 2 aromatic rings. The Balaban J connectivity index is 1.32. The molecule has 2 nitrogen and oxygen atoms in total. The number of aryl methyl sites for hydroxylation is 1. The lowest BCUT2D eigenvalue weighted by molar-refractivity contribution is 0.389. The molecule has 0 bridgehead atoms. The maximum absolute atomic E-state index is 4.47. The Kier molecular flexibility index (Phi) is 14.3. The van der Waals surface area contributed by atoms with E-state index in [-0.39, 0.29) is 0 Å². The number of nitrogens with zero attached hydrogens (tertiary/aromatic N) is 2. The van der Waals surface area contributed by atoms with Crippen molar-refractivity contribution < 1.29 is 0 Å². The maximum Gasteiger partial charge on any atom is 0.0704 e. The molecule has 0 spiro atoms. The Morgan fingerprint density at radius 2 is 1.06 bits per heavy atom. The molecule has 0 N–H and O–H groups in total. The van der Waals surface area contributed by atoms with Crippen molar-refractivity contribution in [2.75, 3.05) is 20.6 Å². The molecule has 0 fully saturated rings. The molecule has 31 heavy (non-hydrogen) atoms. The van der Waals surface area contributed by atoms with Gasteiger partial charge in [-0.3, -0.25) is 4.98 Å². The number of rotatable bonds is 19. The summed E-state index contributed by atoms with van der Waals surface area (Å²) >= 11 is 0. The quantitative estimate of drug-likeness (QED) is 0.210. The van der Waals surface area contributed by atoms with Crippen molar-refractivity contribution in [1.82, 2.24) is 9.88 Å². The first-order chi connectivity index (χ1) is 15.3. The van der Waals surface area contributed by atoms with E-state index in [0.29, 0.717) is 0 Å². The minimum Gasteiger partial charge on any atom is -0.309 e. The zero-order chi connectivity index (χ0) is 22.0. The normalized spacial score (nSPS) is 11.6. The van der Waals surface area contributed by atoms with Gasteiger partial charge in [-0.05, 0) is 57.6 Å². The minimum atomic E-state index is 1.13. The van der Waals surface area contributed by atoms with Crippen molar-refractivity contribution in [2.45, 2.75) is 109 Å². The summed E-state index contributed by atoms with van der Waals surface area (Å²) in [6.45, 7) is 1.25. The highest BCUT2D eigenvalue weighted by molar-refractivity contribution is 5.81. The molecular weight excluding hydrogens is 376 g/mol. The topological polar surface area (TPSA) is 16.1 Å². The fourth-order valence-electron chi connectivity index (χ4n) is 4.59. The molecule has 0 aliphatic heterocycles. The predicted octanol–water partition coefficient (Wildman–Crippen LogP) is 8.58. The van der Waals surface area contributed by atoms with Crippen LogP contribution in [0.25, 0.3) is 10.9 Å². The van der Waals surface area contributed by atoms with Crippen LogP contribution >= 0.6 is 0 Å². The third-order valence-electron chi connectivity index (χ3n) is 6.54. The summed E-state index contributed by atoms with van der Waals surface area (Å²) in [4.78, 5) is 6.77. The number of hydrogen-bond acceptors (Lipinski definition) is 2. The Bertz CT molecular complexity index is 674. The van der Waals surface area contributed by atoms with Gasteiger partial charge in [0.2, 0.25) is 0 Å². The van der Waals surface area contributed by atoms with Crippen molar-refractivity contribution in [3.63, 3.8) is 0 Å². The van der Waals surface area contributed by atoms with Crippen molar-refractivity contribution in [3.8, 4) is 0 Å². The van der Waals surface area contributed by atoms with Gasteiger partial charge in [-0.15, -0.1) is 0 Å². The fraction of sp³-hybridized carbons (Fsp3) is 0.690. The number of aromatic nitrogens is 1. The number of pyridine rings is 1. The van der Waals surface area contributed by atoms with Crippen LogP contribution < -0.4 is 0 Å². The van der Waals surface area contributed by atoms with Crippen LogP contribution in [-0.2, 0) is 6.42 Å². The summed E-state index contributed by atoms with van der Waals surface area (Å²) in [5, 5.41) is 1.34. The third-order valence-corrected chi connectivity index (χ3v) is 6.54. The average Bonchev–Trinajstić information content (AvgIpc) is 2.78. The largest absolute Gasteiger partial charge is 0.309 e. The van der Waals surface area contributed by atoms with E-state index in [9.17, 15) is 0 Å². The number of para-hydroxylation sites is 1. The summed E-state index contributed by atoms with van der Waals surface area (Å²) in [6, 6.07) is 10.7. The Morgan fingerprint density at radius 3 is 1.61 bits per heavy atom. The predicted molar refractivity (Wildman–Crippen MR) is 138 cm³/mol. The van der Waals surface area contributed by atoms with Crippen LogP contribution in [0.4, 0.5) is 0 Å². The van der Waals surface area contributed by atoms with Crippen LogP contribution in [0.2, 0.25) is 0 Å². The monoisotopic (exact) mass is 424 g/mol. The lowest BCUT2D eigenvalue weighted by Gasteiger charge is -2.08. The van der Waals surface area contributed by atoms with Crippen LogP contribution in [0.15, 0.2) is 36.5 Å². The van der Waals surface area contributed by atoms with Gasteiger partial charge in [0.25, 0.3) is 0 Å². The second-order valence-corrected chi connectivity index (χ2v) is 9.70. The first kappa shape index (κ1) is 25.8. The molecule has 0 saturated carbocycles. The molecule has 0 saturated heterocycles. The van der Waals surface area contributed by atoms with Gasteiger partial charge in [0.05, 0.1) is 5.52 Å². The van der Waals surface area contributed by atoms with Crippen molar-refractivity contribution in [1.29, 1.82) is 0 Å². The molecule has 1 aromatic heterocycles. The molecule has 2 rings (SSSR count). The van der Waals surface area contributed by atoms with Crippen LogP contribution in [0.1, 0.15) is 108 Å². The molecular formula is C29H48N2. The van der Waals surface area contributed by atoms with E-state index in [4.69, 9.17) is 0 Å². The first-order valence-corrected chi connectivity index (χ1v) is 13.2. The molecule has 0 amide bonds. The molecule has 1 heterocycles. The summed E-state index contributed by atoms with van der Waals surface area (Å²) in [7, 11) is 4.35. The Labute approximate surface area is 192 Å². The third kappa shape index (κ3) is 12.3. The molecule has 174 valence electrons. The smallest absolute Gasteiger partial charge is 0.0704 e. The van der Waals surface area contributed by atoms with Gasteiger partial charge in [-0.1, -0.05) is 108 Å². The summed E-state index contributed by atoms with van der Waals surface area (Å²) < 4.78 is 0. The number of benzene rings is 1. The molecule has 0 aliphatic rings. The van der Waals surface area contributed by atoms with E-state index in [0.717, 1.165) is 5.52 Å². The molecule has 0 atom stereocenters. The van der Waals surface area contributed by atoms with E-state index in [1.165, 1.54) is 127 Å². The maximum atomic E-state index is 4.47. The van der Waals surface area contributed by atoms with Crippen molar-refractivity contribution >= 4 is 10.9 Å². The SMILES string of the molecule is CN(C)CCCCCCCCCCCCCCCCCCc1ccnc2ccccc12. The standard InChI is InChI=1S/C29H48N2/c1-31(2)26-20-16-14-12-10-8-6-4-3-5-7-9-11-13-15-17-21-27-24-25-30-29-23-19-18-22-28(27)29/h18-19,22-25H,3-17,20-21,26H2,1-2H3. The van der Waals surface area contributed by atoms with Crippen LogP contribution in [0.3, 0.4) is 0 Å². The molecule has 2 heteroatoms. The number of fused-ring (bicyclic) bond motifs is 1. The van der Waals surface area contributed by atoms with E-state index in [1.807, 2.05) is 6.20 Å². The van der Waals surface area contributed by atoms with E-state index < -0.39 is 0 Å². The minimum absolute atomic E-state index is 1.13. The molecule has 0 unspecified atom stereocenters. The summed E-state index contributed by atoms with van der Waals surface area (Å²) in [5.74, 6) is 0. The van der Waals surface area contributed by atoms with Gasteiger partial charge >= 0.3 is 0 Å². The molecule has 0 radical (unpaired) electrons.